The van der Waals surface area contributed by atoms with Crippen LogP contribution in [-0.2, 0) is 39.9 Å². The molecule has 37 heavy (non-hydrogen) atoms. The number of hydrogen-bond acceptors (Lipinski definition) is 11. The summed E-state index contributed by atoms with van der Waals surface area (Å²) in [6.07, 6.45) is -17.4. The molecule has 2 N–H and O–H groups in total. The molecule has 0 aliphatic carbocycles. The second-order valence-electron chi connectivity index (χ2n) is 8.20. The topological polar surface area (TPSA) is 167 Å². The van der Waals surface area contributed by atoms with E-state index >= 15 is 4.39 Å². The van der Waals surface area contributed by atoms with Gasteiger partial charge < -0.3 is 24.7 Å². The van der Waals surface area contributed by atoms with E-state index in [2.05, 4.69) is 14.7 Å². The molecule has 204 valence electrons. The Labute approximate surface area is 205 Å². The molecule has 6 atom stereocenters. The summed E-state index contributed by atoms with van der Waals surface area (Å²) in [5.41, 5.74) is 4.31. The van der Waals surface area contributed by atoms with Gasteiger partial charge in [-0.15, -0.1) is 0 Å². The largest absolute Gasteiger partial charge is 0.461 e. The Morgan fingerprint density at radius 1 is 1.16 bits per heavy atom. The fourth-order valence-corrected chi connectivity index (χ4v) is 3.97. The van der Waals surface area contributed by atoms with Crippen LogP contribution in [0.3, 0.4) is 0 Å². The van der Waals surface area contributed by atoms with Crippen LogP contribution in [0.25, 0.3) is 11.2 Å². The summed E-state index contributed by atoms with van der Waals surface area (Å²) in [4.78, 5) is 55.4. The van der Waals surface area contributed by atoms with Crippen molar-refractivity contribution < 1.29 is 50.9 Å². The molecule has 3 heterocycles. The number of ether oxygens (including phenoxy) is 4. The second-order valence-corrected chi connectivity index (χ2v) is 8.20. The highest BCUT2D eigenvalue weighted by atomic mass is 19.4. The Morgan fingerprint density at radius 2 is 1.78 bits per heavy atom. The van der Waals surface area contributed by atoms with Gasteiger partial charge in [0.2, 0.25) is 12.1 Å². The number of alkyl halides is 4. The van der Waals surface area contributed by atoms with E-state index in [0.717, 1.165) is 24.6 Å². The molecule has 0 bridgehead atoms. The van der Waals surface area contributed by atoms with E-state index in [-0.39, 0.29) is 23.7 Å². The van der Waals surface area contributed by atoms with Crippen molar-refractivity contribution in [3.63, 3.8) is 0 Å². The normalized spacial score (nSPS) is 23.5. The Balaban J connectivity index is 2.17. The van der Waals surface area contributed by atoms with Crippen molar-refractivity contribution in [3.05, 3.63) is 16.7 Å². The molecular formula is C20H23F4N5O8. The summed E-state index contributed by atoms with van der Waals surface area (Å²) in [5, 5.41) is 0. The molecule has 2 aromatic heterocycles. The van der Waals surface area contributed by atoms with Gasteiger partial charge in [-0.3, -0.25) is 19.0 Å². The lowest BCUT2D eigenvalue weighted by molar-refractivity contribution is -0.252. The second kappa shape index (κ2) is 10.3. The van der Waals surface area contributed by atoms with Crippen LogP contribution in [0.1, 0.15) is 33.9 Å². The summed E-state index contributed by atoms with van der Waals surface area (Å²) in [7, 11) is 0. The predicted molar refractivity (Wildman–Crippen MR) is 113 cm³/mol. The van der Waals surface area contributed by atoms with Gasteiger partial charge in [0.1, 0.15) is 17.7 Å². The molecule has 2 aromatic rings. The van der Waals surface area contributed by atoms with Gasteiger partial charge in [-0.2, -0.15) is 18.2 Å². The molecule has 0 radical (unpaired) electrons. The molecule has 0 aromatic carbocycles. The number of rotatable bonds is 7. The molecule has 1 aliphatic heterocycles. The fraction of sp³-hybridized carbons (Fsp3) is 0.600. The van der Waals surface area contributed by atoms with Crippen molar-refractivity contribution in [1.82, 2.24) is 19.1 Å². The van der Waals surface area contributed by atoms with Gasteiger partial charge in [-0.05, 0) is 6.92 Å². The van der Waals surface area contributed by atoms with Gasteiger partial charge >= 0.3 is 29.8 Å². The minimum absolute atomic E-state index is 0.0189. The number of nitrogens with zero attached hydrogens (tertiary/aromatic N) is 4. The molecule has 0 amide bonds. The fourth-order valence-electron chi connectivity index (χ4n) is 3.97. The predicted octanol–water partition coefficient (Wildman–Crippen LogP) is 0.788. The SMILES string of the molecule is CC(=O)O[C@@H]1[C@@H](F)[C@@H]([C@@H](OC(C)=O)C(F)(F)F)O[C@H]1n1c(=O)n(C[C@H](C)OC(C)=O)c2cnc(N)nc21. The van der Waals surface area contributed by atoms with Crippen molar-refractivity contribution in [2.75, 3.05) is 5.73 Å². The standard InChI is InChI=1S/C20H23F4N5O8/c1-7(34-8(2)30)6-28-11-5-26-18(25)27-16(11)29(19(28)33)17-14(35-9(3)31)12(21)13(37-17)15(20(22,23)24)36-10(4)32/h5,7,12-15,17H,6H2,1-4H3,(H2,25,26,27)/t7-,12-,13-,14+,15+,17+/m0/s1. The highest BCUT2D eigenvalue weighted by molar-refractivity contribution is 5.72. The monoisotopic (exact) mass is 537 g/mol. The van der Waals surface area contributed by atoms with Crippen molar-refractivity contribution in [3.8, 4) is 0 Å². The van der Waals surface area contributed by atoms with Crippen LogP contribution in [0.15, 0.2) is 11.0 Å². The summed E-state index contributed by atoms with van der Waals surface area (Å²) in [5.74, 6) is -3.47. The van der Waals surface area contributed by atoms with Crippen LogP contribution in [0.2, 0.25) is 0 Å². The van der Waals surface area contributed by atoms with Crippen molar-refractivity contribution in [2.24, 2.45) is 0 Å². The number of aromatic nitrogens is 4. The number of carbonyl (C=O) groups excluding carboxylic acids is 3. The summed E-state index contributed by atoms with van der Waals surface area (Å²) >= 11 is 0. The number of nitrogen functional groups attached to an aromatic ring is 1. The number of halogens is 4. The van der Waals surface area contributed by atoms with Crippen molar-refractivity contribution in [1.29, 1.82) is 0 Å². The zero-order chi connectivity index (χ0) is 27.8. The van der Waals surface area contributed by atoms with Gasteiger partial charge in [-0.25, -0.2) is 18.7 Å². The minimum Gasteiger partial charge on any atom is -0.461 e. The number of hydrogen-bond donors (Lipinski definition) is 1. The first kappa shape index (κ1) is 27.8. The van der Waals surface area contributed by atoms with Gasteiger partial charge in [-0.1, -0.05) is 0 Å². The number of carbonyl (C=O) groups is 3. The minimum atomic E-state index is -5.28. The smallest absolute Gasteiger partial charge is 0.428 e. The van der Waals surface area contributed by atoms with E-state index in [1.807, 2.05) is 0 Å². The zero-order valence-electron chi connectivity index (χ0n) is 19.9. The Morgan fingerprint density at radius 3 is 2.32 bits per heavy atom. The number of fused-ring (bicyclic) bond motifs is 1. The lowest BCUT2D eigenvalue weighted by Gasteiger charge is -2.26. The van der Waals surface area contributed by atoms with Crippen molar-refractivity contribution >= 4 is 35.0 Å². The highest BCUT2D eigenvalue weighted by Gasteiger charge is 2.60. The van der Waals surface area contributed by atoms with E-state index in [1.165, 1.54) is 6.92 Å². The van der Waals surface area contributed by atoms with Crippen LogP contribution in [0.5, 0.6) is 0 Å². The van der Waals surface area contributed by atoms with Crippen molar-refractivity contribution in [2.45, 2.75) is 77.2 Å². The molecule has 13 nitrogen and oxygen atoms in total. The summed E-state index contributed by atoms with van der Waals surface area (Å²) < 4.78 is 77.6. The summed E-state index contributed by atoms with van der Waals surface area (Å²) in [6.45, 7) is 3.90. The maximum absolute atomic E-state index is 15.4. The third-order valence-electron chi connectivity index (χ3n) is 5.21. The molecule has 0 unspecified atom stereocenters. The number of imidazole rings is 1. The third kappa shape index (κ3) is 5.81. The van der Waals surface area contributed by atoms with E-state index in [0.29, 0.717) is 11.5 Å². The van der Waals surface area contributed by atoms with Crippen LogP contribution in [0.4, 0.5) is 23.5 Å². The first-order valence-corrected chi connectivity index (χ1v) is 10.7. The van der Waals surface area contributed by atoms with Crippen LogP contribution < -0.4 is 11.4 Å². The first-order chi connectivity index (χ1) is 17.1. The lowest BCUT2D eigenvalue weighted by atomic mass is 10.1. The first-order valence-electron chi connectivity index (χ1n) is 10.7. The molecule has 1 aliphatic rings. The number of nitrogens with two attached hydrogens (primary N) is 1. The molecule has 0 saturated carbocycles. The van der Waals surface area contributed by atoms with Crippen LogP contribution in [-0.4, -0.2) is 73.8 Å². The third-order valence-corrected chi connectivity index (χ3v) is 5.21. The molecule has 1 saturated heterocycles. The van der Waals surface area contributed by atoms with Crippen LogP contribution in [0, 0.1) is 0 Å². The number of esters is 3. The Bertz CT molecular complexity index is 1260. The van der Waals surface area contributed by atoms with Gasteiger partial charge in [0, 0.05) is 20.8 Å². The van der Waals surface area contributed by atoms with Gasteiger partial charge in [0.05, 0.1) is 12.7 Å². The lowest BCUT2D eigenvalue weighted by Crippen LogP contribution is -2.47. The zero-order valence-corrected chi connectivity index (χ0v) is 19.9. The van der Waals surface area contributed by atoms with Gasteiger partial charge in [0.15, 0.2) is 24.2 Å². The molecule has 1 fully saturated rings. The quantitative estimate of drug-likeness (QED) is 0.301. The summed E-state index contributed by atoms with van der Waals surface area (Å²) in [6, 6.07) is 0. The molecule has 3 rings (SSSR count). The highest BCUT2D eigenvalue weighted by Crippen LogP contribution is 2.41. The molecule has 0 spiro atoms. The molecule has 17 heteroatoms. The van der Waals surface area contributed by atoms with E-state index in [4.69, 9.17) is 19.9 Å². The van der Waals surface area contributed by atoms with E-state index in [9.17, 15) is 32.3 Å². The average molecular weight is 537 g/mol. The Hall–Kier alpha value is -3.76. The Kier molecular flexibility index (Phi) is 7.75. The van der Waals surface area contributed by atoms with E-state index < -0.39 is 66.6 Å². The molecular weight excluding hydrogens is 514 g/mol. The average Bonchev–Trinajstić information content (AvgIpc) is 3.18. The van der Waals surface area contributed by atoms with E-state index in [1.54, 1.807) is 0 Å². The number of anilines is 1. The maximum Gasteiger partial charge on any atom is 0.428 e. The van der Waals surface area contributed by atoms with Crippen LogP contribution >= 0.6 is 0 Å². The maximum atomic E-state index is 15.4. The van der Waals surface area contributed by atoms with Gasteiger partial charge in [0.25, 0.3) is 0 Å².